The smallest absolute Gasteiger partial charge is 0.277 e. The maximum atomic E-state index is 12.4. The largest absolute Gasteiger partial charge is 0.493 e. The van der Waals surface area contributed by atoms with Gasteiger partial charge in [0.15, 0.2) is 11.5 Å². The van der Waals surface area contributed by atoms with Crippen LogP contribution in [0, 0.1) is 5.92 Å². The fourth-order valence-electron chi connectivity index (χ4n) is 2.80. The van der Waals surface area contributed by atoms with Gasteiger partial charge < -0.3 is 14.8 Å². The second kappa shape index (κ2) is 6.76. The number of rotatable bonds is 3. The van der Waals surface area contributed by atoms with Crippen molar-refractivity contribution in [2.45, 2.75) is 6.92 Å². The fourth-order valence-corrected chi connectivity index (χ4v) is 2.80. The van der Waals surface area contributed by atoms with Gasteiger partial charge in [-0.15, -0.1) is 0 Å². The second-order valence-electron chi connectivity index (χ2n) is 5.73. The summed E-state index contributed by atoms with van der Waals surface area (Å²) in [4.78, 5) is 28.2. The van der Waals surface area contributed by atoms with Gasteiger partial charge in [-0.25, -0.2) is 4.99 Å². The van der Waals surface area contributed by atoms with Crippen LogP contribution in [0.2, 0.25) is 0 Å². The van der Waals surface area contributed by atoms with Gasteiger partial charge in [-0.3, -0.25) is 9.59 Å². The molecule has 3 rings (SSSR count). The van der Waals surface area contributed by atoms with Gasteiger partial charge in [0.2, 0.25) is 5.91 Å². The van der Waals surface area contributed by atoms with Crippen LogP contribution in [0.4, 0.5) is 0 Å². The van der Waals surface area contributed by atoms with Crippen molar-refractivity contribution < 1.29 is 19.1 Å². The van der Waals surface area contributed by atoms with E-state index in [9.17, 15) is 9.59 Å². The van der Waals surface area contributed by atoms with Crippen molar-refractivity contribution in [3.63, 3.8) is 0 Å². The minimum Gasteiger partial charge on any atom is -0.493 e. The maximum absolute atomic E-state index is 12.4. The lowest BCUT2D eigenvalue weighted by Crippen LogP contribution is -2.32. The van der Waals surface area contributed by atoms with Crippen molar-refractivity contribution in [3.8, 4) is 11.5 Å². The number of carbonyl (C=O) groups excluding carboxylic acids is 2. The van der Waals surface area contributed by atoms with E-state index in [4.69, 9.17) is 9.47 Å². The minimum atomic E-state index is -0.398. The normalized spacial score (nSPS) is 20.4. The molecular formula is C19H18N2O4. The highest BCUT2D eigenvalue weighted by atomic mass is 16.5. The lowest BCUT2D eigenvalue weighted by atomic mass is 9.89. The average molecular weight is 338 g/mol. The van der Waals surface area contributed by atoms with Gasteiger partial charge in [0, 0.05) is 23.3 Å². The van der Waals surface area contributed by atoms with Gasteiger partial charge in [-0.2, -0.15) is 0 Å². The number of nitrogens with one attached hydrogen (secondary N) is 1. The van der Waals surface area contributed by atoms with Crippen LogP contribution in [0.1, 0.15) is 17.3 Å². The van der Waals surface area contributed by atoms with E-state index in [1.54, 1.807) is 36.4 Å². The highest BCUT2D eigenvalue weighted by Gasteiger charge is 2.24. The van der Waals surface area contributed by atoms with E-state index >= 15 is 0 Å². The van der Waals surface area contributed by atoms with E-state index in [0.29, 0.717) is 22.8 Å². The summed E-state index contributed by atoms with van der Waals surface area (Å²) in [6.07, 6.45) is 6.99. The Labute approximate surface area is 145 Å². The molecule has 0 saturated carbocycles. The summed E-state index contributed by atoms with van der Waals surface area (Å²) in [5.74, 6) is 0.465. The Morgan fingerprint density at radius 1 is 1.16 bits per heavy atom. The molecule has 1 atom stereocenters. The number of carbonyl (C=O) groups is 2. The number of ether oxygens (including phenoxy) is 2. The third-order valence-electron chi connectivity index (χ3n) is 4.08. The molecule has 128 valence electrons. The predicted molar refractivity (Wildman–Crippen MR) is 93.9 cm³/mol. The molecule has 0 fully saturated rings. The van der Waals surface area contributed by atoms with Crippen molar-refractivity contribution in [2.75, 3.05) is 14.2 Å². The number of benzene rings is 1. The zero-order valence-corrected chi connectivity index (χ0v) is 14.2. The van der Waals surface area contributed by atoms with E-state index in [0.717, 1.165) is 11.3 Å². The maximum Gasteiger partial charge on any atom is 0.277 e. The predicted octanol–water partition coefficient (Wildman–Crippen LogP) is 2.43. The molecule has 0 aromatic heterocycles. The number of amides is 2. The number of nitrogens with zero attached hydrogens (tertiary/aromatic N) is 1. The van der Waals surface area contributed by atoms with Crippen molar-refractivity contribution in [3.05, 3.63) is 59.3 Å². The lowest BCUT2D eigenvalue weighted by molar-refractivity contribution is -0.116. The molecule has 6 heteroatoms. The topological polar surface area (TPSA) is 77.0 Å². The third kappa shape index (κ3) is 3.38. The lowest BCUT2D eigenvalue weighted by Gasteiger charge is -2.25. The Kier molecular flexibility index (Phi) is 4.52. The van der Waals surface area contributed by atoms with Crippen molar-refractivity contribution >= 4 is 17.5 Å². The second-order valence-corrected chi connectivity index (χ2v) is 5.73. The van der Waals surface area contributed by atoms with Gasteiger partial charge >= 0.3 is 0 Å². The molecule has 1 unspecified atom stereocenters. The first-order valence-corrected chi connectivity index (χ1v) is 7.76. The summed E-state index contributed by atoms with van der Waals surface area (Å²) in [5.41, 5.74) is 2.56. The molecule has 1 aromatic rings. The molecule has 1 aliphatic heterocycles. The Hall–Kier alpha value is -3.15. The molecule has 0 spiro atoms. The van der Waals surface area contributed by atoms with Crippen LogP contribution in [0.5, 0.6) is 11.5 Å². The van der Waals surface area contributed by atoms with Crippen LogP contribution in [0.25, 0.3) is 0 Å². The molecule has 25 heavy (non-hydrogen) atoms. The summed E-state index contributed by atoms with van der Waals surface area (Å²) >= 11 is 0. The van der Waals surface area contributed by atoms with E-state index in [1.165, 1.54) is 14.2 Å². The van der Waals surface area contributed by atoms with Crippen LogP contribution in [-0.2, 0) is 4.79 Å². The minimum absolute atomic E-state index is 0.0211. The Bertz CT molecular complexity index is 862. The van der Waals surface area contributed by atoms with Crippen LogP contribution in [0.3, 0.4) is 0 Å². The molecule has 1 N–H and O–H groups in total. The molecule has 0 saturated heterocycles. The number of hydrogen-bond donors (Lipinski definition) is 1. The standard InChI is InChI=1S/C19H18N2O4/c1-11-8-18(22)21-15-10-13(5-6-14(11)15)20-19(23)12-4-7-16(24-2)17(9-12)25-3/h4-10,14H,1-3H3,(H,21,22). The van der Waals surface area contributed by atoms with Crippen molar-refractivity contribution in [2.24, 2.45) is 10.9 Å². The van der Waals surface area contributed by atoms with E-state index < -0.39 is 5.91 Å². The van der Waals surface area contributed by atoms with Crippen LogP contribution >= 0.6 is 0 Å². The summed E-state index contributed by atoms with van der Waals surface area (Å²) in [5, 5.41) is 2.79. The Morgan fingerprint density at radius 2 is 1.92 bits per heavy atom. The van der Waals surface area contributed by atoms with Gasteiger partial charge in [0.25, 0.3) is 5.91 Å². The number of hydrogen-bond acceptors (Lipinski definition) is 4. The fraction of sp³-hybridized carbons (Fsp3) is 0.211. The van der Waals surface area contributed by atoms with E-state index in [1.807, 2.05) is 13.0 Å². The first-order chi connectivity index (χ1) is 12.0. The number of fused-ring (bicyclic) bond motifs is 1. The van der Waals surface area contributed by atoms with Crippen molar-refractivity contribution in [1.29, 1.82) is 0 Å². The molecule has 0 radical (unpaired) electrons. The third-order valence-corrected chi connectivity index (χ3v) is 4.08. The number of methoxy groups -OCH3 is 2. The summed E-state index contributed by atoms with van der Waals surface area (Å²) in [6.45, 7) is 1.90. The molecule has 1 aliphatic carbocycles. The van der Waals surface area contributed by atoms with Crippen LogP contribution in [-0.4, -0.2) is 31.7 Å². The van der Waals surface area contributed by atoms with Gasteiger partial charge in [-0.1, -0.05) is 11.6 Å². The van der Waals surface area contributed by atoms with Gasteiger partial charge in [0.1, 0.15) is 0 Å². The zero-order chi connectivity index (χ0) is 18.0. The highest BCUT2D eigenvalue weighted by Crippen LogP contribution is 2.29. The van der Waals surface area contributed by atoms with Crippen LogP contribution in [0.15, 0.2) is 58.8 Å². The SMILES string of the molecule is COc1ccc(C(=O)N=C2C=CC3C(C)=CC(=O)NC3=C2)cc1OC. The number of aliphatic imine (C=N–C) groups is 1. The molecule has 2 amide bonds. The van der Waals surface area contributed by atoms with Gasteiger partial charge in [0.05, 0.1) is 19.9 Å². The zero-order valence-electron chi connectivity index (χ0n) is 14.2. The first-order valence-electron chi connectivity index (χ1n) is 7.76. The monoisotopic (exact) mass is 338 g/mol. The average Bonchev–Trinajstić information content (AvgIpc) is 2.60. The number of allylic oxidation sites excluding steroid dienone is 3. The highest BCUT2D eigenvalue weighted by molar-refractivity contribution is 6.14. The molecule has 1 heterocycles. The quantitative estimate of drug-likeness (QED) is 0.918. The van der Waals surface area contributed by atoms with Crippen molar-refractivity contribution in [1.82, 2.24) is 5.32 Å². The summed E-state index contributed by atoms with van der Waals surface area (Å²) < 4.78 is 10.4. The molecule has 0 bridgehead atoms. The van der Waals surface area contributed by atoms with Crippen LogP contribution < -0.4 is 14.8 Å². The van der Waals surface area contributed by atoms with Gasteiger partial charge in [-0.05, 0) is 37.3 Å². The molecule has 1 aromatic carbocycles. The Morgan fingerprint density at radius 3 is 2.64 bits per heavy atom. The first kappa shape index (κ1) is 16.7. The molecule has 2 aliphatic rings. The Balaban J connectivity index is 1.87. The summed E-state index contributed by atoms with van der Waals surface area (Å²) in [7, 11) is 3.04. The van der Waals surface area contributed by atoms with E-state index in [2.05, 4.69) is 10.3 Å². The van der Waals surface area contributed by atoms with E-state index in [-0.39, 0.29) is 11.8 Å². The molecular weight excluding hydrogens is 320 g/mol. The summed E-state index contributed by atoms with van der Waals surface area (Å²) in [6, 6.07) is 4.88. The molecule has 6 nitrogen and oxygen atoms in total.